The van der Waals surface area contributed by atoms with Crippen molar-refractivity contribution in [2.75, 3.05) is 14.2 Å². The van der Waals surface area contributed by atoms with Gasteiger partial charge in [-0.1, -0.05) is 6.92 Å². The van der Waals surface area contributed by atoms with Gasteiger partial charge in [-0.15, -0.1) is 0 Å². The second kappa shape index (κ2) is 4.81. The fraction of sp³-hybridized carbons (Fsp3) is 0.750. The summed E-state index contributed by atoms with van der Waals surface area (Å²) >= 11 is 0. The highest BCUT2D eigenvalue weighted by molar-refractivity contribution is 5.85. The first-order chi connectivity index (χ1) is 6.00. The van der Waals surface area contributed by atoms with Gasteiger partial charge in [0.15, 0.2) is 5.60 Å². The third-order valence-electron chi connectivity index (χ3n) is 1.81. The third kappa shape index (κ3) is 3.02. The molecule has 0 heterocycles. The number of hydrogen-bond acceptors (Lipinski definition) is 5. The van der Waals surface area contributed by atoms with E-state index >= 15 is 0 Å². The van der Waals surface area contributed by atoms with Crippen LogP contribution in [0.15, 0.2) is 0 Å². The largest absolute Gasteiger partial charge is 0.469 e. The Balaban J connectivity index is 4.45. The minimum Gasteiger partial charge on any atom is -0.469 e. The van der Waals surface area contributed by atoms with Crippen LogP contribution in [0.4, 0.5) is 0 Å². The van der Waals surface area contributed by atoms with Gasteiger partial charge < -0.3 is 14.6 Å². The molecule has 0 aromatic rings. The van der Waals surface area contributed by atoms with E-state index in [1.54, 1.807) is 6.92 Å². The van der Waals surface area contributed by atoms with Gasteiger partial charge in [-0.05, 0) is 6.42 Å². The van der Waals surface area contributed by atoms with E-state index in [1.165, 1.54) is 7.11 Å². The normalized spacial score (nSPS) is 14.5. The topological polar surface area (TPSA) is 72.8 Å². The summed E-state index contributed by atoms with van der Waals surface area (Å²) in [6.45, 7) is 1.58. The Bertz CT molecular complexity index is 201. The fourth-order valence-electron chi connectivity index (χ4n) is 0.842. The van der Waals surface area contributed by atoms with Gasteiger partial charge in [-0.25, -0.2) is 4.79 Å². The molecule has 0 saturated heterocycles. The lowest BCUT2D eigenvalue weighted by Gasteiger charge is -2.21. The molecule has 0 saturated carbocycles. The summed E-state index contributed by atoms with van der Waals surface area (Å²) in [7, 11) is 2.34. The lowest BCUT2D eigenvalue weighted by Crippen LogP contribution is -2.41. The van der Waals surface area contributed by atoms with Crippen molar-refractivity contribution in [2.45, 2.75) is 25.4 Å². The molecule has 0 bridgehead atoms. The Labute approximate surface area is 76.6 Å². The van der Waals surface area contributed by atoms with E-state index in [-0.39, 0.29) is 12.8 Å². The molecule has 0 aromatic heterocycles. The Morgan fingerprint density at radius 2 is 1.85 bits per heavy atom. The van der Waals surface area contributed by atoms with E-state index in [4.69, 9.17) is 0 Å². The van der Waals surface area contributed by atoms with Gasteiger partial charge in [0.05, 0.1) is 20.6 Å². The van der Waals surface area contributed by atoms with E-state index in [1.807, 2.05) is 0 Å². The second-order valence-corrected chi connectivity index (χ2v) is 2.63. The Morgan fingerprint density at radius 1 is 1.31 bits per heavy atom. The first-order valence-electron chi connectivity index (χ1n) is 3.87. The quantitative estimate of drug-likeness (QED) is 0.625. The van der Waals surface area contributed by atoms with Crippen molar-refractivity contribution < 1.29 is 24.2 Å². The number of carbonyl (C=O) groups excluding carboxylic acids is 2. The maximum atomic E-state index is 11.0. The molecule has 0 fully saturated rings. The van der Waals surface area contributed by atoms with Crippen molar-refractivity contribution in [3.63, 3.8) is 0 Å². The first kappa shape index (κ1) is 11.9. The fourth-order valence-corrected chi connectivity index (χ4v) is 0.842. The maximum Gasteiger partial charge on any atom is 0.338 e. The molecule has 0 aliphatic carbocycles. The molecule has 0 aliphatic heterocycles. The molecule has 1 unspecified atom stereocenters. The van der Waals surface area contributed by atoms with Crippen molar-refractivity contribution in [3.05, 3.63) is 0 Å². The molecule has 5 heteroatoms. The summed E-state index contributed by atoms with van der Waals surface area (Å²) in [5, 5.41) is 9.61. The van der Waals surface area contributed by atoms with Crippen molar-refractivity contribution >= 4 is 11.9 Å². The van der Waals surface area contributed by atoms with Crippen LogP contribution in [0.5, 0.6) is 0 Å². The van der Waals surface area contributed by atoms with Crippen LogP contribution in [0, 0.1) is 0 Å². The number of rotatable bonds is 4. The Hall–Kier alpha value is -1.10. The zero-order valence-corrected chi connectivity index (χ0v) is 7.99. The number of ether oxygens (including phenoxy) is 2. The predicted octanol–water partition coefficient (Wildman–Crippen LogP) is -0.136. The summed E-state index contributed by atoms with van der Waals surface area (Å²) in [5.41, 5.74) is -1.76. The first-order valence-corrected chi connectivity index (χ1v) is 3.87. The van der Waals surface area contributed by atoms with Crippen molar-refractivity contribution in [2.24, 2.45) is 0 Å². The van der Waals surface area contributed by atoms with Gasteiger partial charge in [0.25, 0.3) is 0 Å². The molecule has 76 valence electrons. The van der Waals surface area contributed by atoms with Crippen LogP contribution < -0.4 is 0 Å². The van der Waals surface area contributed by atoms with Crippen molar-refractivity contribution in [1.29, 1.82) is 0 Å². The number of hydrogen-bond donors (Lipinski definition) is 1. The summed E-state index contributed by atoms with van der Waals surface area (Å²) in [4.78, 5) is 21.9. The van der Waals surface area contributed by atoms with Gasteiger partial charge in [-0.3, -0.25) is 4.79 Å². The summed E-state index contributed by atoms with van der Waals surface area (Å²) < 4.78 is 8.69. The van der Waals surface area contributed by atoms with Crippen LogP contribution in [0.2, 0.25) is 0 Å². The average molecular weight is 190 g/mol. The zero-order chi connectivity index (χ0) is 10.5. The van der Waals surface area contributed by atoms with Crippen LogP contribution in [-0.4, -0.2) is 36.9 Å². The molecule has 0 radical (unpaired) electrons. The van der Waals surface area contributed by atoms with Gasteiger partial charge >= 0.3 is 11.9 Å². The molecule has 1 atom stereocenters. The van der Waals surface area contributed by atoms with Gasteiger partial charge in [0, 0.05) is 0 Å². The molecule has 0 rings (SSSR count). The van der Waals surface area contributed by atoms with E-state index in [0.717, 1.165) is 7.11 Å². The average Bonchev–Trinajstić information content (AvgIpc) is 2.15. The molecule has 13 heavy (non-hydrogen) atoms. The lowest BCUT2D eigenvalue weighted by atomic mass is 9.97. The van der Waals surface area contributed by atoms with E-state index in [0.29, 0.717) is 0 Å². The summed E-state index contributed by atoms with van der Waals surface area (Å²) in [6.07, 6.45) is -0.276. The molecule has 0 aliphatic rings. The number of aliphatic hydroxyl groups is 1. The molecule has 0 amide bonds. The molecule has 0 spiro atoms. The third-order valence-corrected chi connectivity index (χ3v) is 1.81. The number of carbonyl (C=O) groups is 2. The molecule has 5 nitrogen and oxygen atoms in total. The smallest absolute Gasteiger partial charge is 0.338 e. The highest BCUT2D eigenvalue weighted by atomic mass is 16.5. The monoisotopic (exact) mass is 190 g/mol. The van der Waals surface area contributed by atoms with Gasteiger partial charge in [-0.2, -0.15) is 0 Å². The van der Waals surface area contributed by atoms with E-state index in [9.17, 15) is 14.7 Å². The molecule has 1 N–H and O–H groups in total. The van der Waals surface area contributed by atoms with E-state index in [2.05, 4.69) is 9.47 Å². The molecular weight excluding hydrogens is 176 g/mol. The van der Waals surface area contributed by atoms with Crippen LogP contribution in [-0.2, 0) is 19.1 Å². The number of methoxy groups -OCH3 is 2. The van der Waals surface area contributed by atoms with Gasteiger partial charge in [0.1, 0.15) is 0 Å². The summed E-state index contributed by atoms with van der Waals surface area (Å²) in [5.74, 6) is -1.46. The number of esters is 2. The second-order valence-electron chi connectivity index (χ2n) is 2.63. The Morgan fingerprint density at radius 3 is 2.15 bits per heavy atom. The molecular formula is C8H14O5. The summed E-state index contributed by atoms with van der Waals surface area (Å²) in [6, 6.07) is 0. The van der Waals surface area contributed by atoms with Crippen molar-refractivity contribution in [3.8, 4) is 0 Å². The lowest BCUT2D eigenvalue weighted by molar-refractivity contribution is -0.169. The van der Waals surface area contributed by atoms with Crippen LogP contribution >= 0.6 is 0 Å². The van der Waals surface area contributed by atoms with Crippen molar-refractivity contribution in [1.82, 2.24) is 0 Å². The minimum absolute atomic E-state index is 0.106. The van der Waals surface area contributed by atoms with Gasteiger partial charge in [0.2, 0.25) is 0 Å². The van der Waals surface area contributed by atoms with Crippen LogP contribution in [0.25, 0.3) is 0 Å². The minimum atomic E-state index is -1.76. The predicted molar refractivity (Wildman–Crippen MR) is 43.9 cm³/mol. The van der Waals surface area contributed by atoms with Crippen LogP contribution in [0.3, 0.4) is 0 Å². The SMILES string of the molecule is CCC(O)(CC(=O)OC)C(=O)OC. The Kier molecular flexibility index (Phi) is 4.40. The molecule has 0 aromatic carbocycles. The highest BCUT2D eigenvalue weighted by Crippen LogP contribution is 2.17. The zero-order valence-electron chi connectivity index (χ0n) is 7.99. The maximum absolute atomic E-state index is 11.0. The highest BCUT2D eigenvalue weighted by Gasteiger charge is 2.38. The standard InChI is InChI=1S/C8H14O5/c1-4-8(11,7(10)13-3)5-6(9)12-2/h11H,4-5H2,1-3H3. The van der Waals surface area contributed by atoms with Crippen LogP contribution in [0.1, 0.15) is 19.8 Å². The van der Waals surface area contributed by atoms with E-state index < -0.39 is 17.5 Å².